The molecule has 5 unspecified atom stereocenters. The molecule has 0 aromatic heterocycles. The van der Waals surface area contributed by atoms with E-state index in [1.165, 1.54) is 44.9 Å². The number of aliphatic hydroxyl groups is 2. The Labute approximate surface area is 177 Å². The Hall–Kier alpha value is -0.240. The van der Waals surface area contributed by atoms with Gasteiger partial charge in [-0.15, -0.1) is 0 Å². The third-order valence-corrected chi connectivity index (χ3v) is 8.42. The fraction of sp³-hybridized carbons (Fsp3) is 1.00. The van der Waals surface area contributed by atoms with Crippen LogP contribution in [0.15, 0.2) is 0 Å². The van der Waals surface area contributed by atoms with Crippen LogP contribution in [0.5, 0.6) is 0 Å². The Balaban J connectivity index is 1.82. The van der Waals surface area contributed by atoms with Crippen molar-refractivity contribution >= 4 is 0 Å². The highest BCUT2D eigenvalue weighted by Gasteiger charge is 2.35. The van der Waals surface area contributed by atoms with E-state index in [4.69, 9.17) is 16.7 Å². The largest absolute Gasteiger partial charge is 0.379 e. The molecule has 2 aliphatic rings. The van der Waals surface area contributed by atoms with E-state index in [1.807, 2.05) is 5.48 Å². The van der Waals surface area contributed by atoms with E-state index in [9.17, 15) is 10.2 Å². The molecule has 2 rings (SSSR count). The number of nitrogens with one attached hydrogen (secondary N) is 1. The molecule has 0 saturated heterocycles. The first-order valence-corrected chi connectivity index (χ1v) is 12.1. The number of hydroxylamine groups is 1. The van der Waals surface area contributed by atoms with Gasteiger partial charge in [-0.25, -0.2) is 0 Å². The molecule has 29 heavy (non-hydrogen) atoms. The minimum atomic E-state index is -0.899. The van der Waals surface area contributed by atoms with E-state index in [0.717, 1.165) is 43.4 Å². The molecule has 0 spiro atoms. The van der Waals surface area contributed by atoms with Crippen molar-refractivity contribution in [3.63, 3.8) is 0 Å². The molecular formula is C23H47N3O3. The number of hydrogen-bond donors (Lipinski definition) is 6. The van der Waals surface area contributed by atoms with Crippen LogP contribution < -0.4 is 16.9 Å². The Bertz CT molecular complexity index is 435. The lowest BCUT2D eigenvalue weighted by Gasteiger charge is -2.41. The van der Waals surface area contributed by atoms with E-state index < -0.39 is 12.5 Å². The Morgan fingerprint density at radius 3 is 1.86 bits per heavy atom. The number of hydrogen-bond acceptors (Lipinski definition) is 6. The van der Waals surface area contributed by atoms with Crippen molar-refractivity contribution in [3.05, 3.63) is 0 Å². The second kappa shape index (κ2) is 12.6. The van der Waals surface area contributed by atoms with Gasteiger partial charge >= 0.3 is 0 Å². The second-order valence-corrected chi connectivity index (χ2v) is 10.0. The molecule has 0 aliphatic heterocycles. The van der Waals surface area contributed by atoms with Crippen LogP contribution >= 0.6 is 0 Å². The van der Waals surface area contributed by atoms with Gasteiger partial charge in [0.15, 0.2) is 0 Å². The number of aliphatic hydroxyl groups excluding tert-OH is 2. The normalized spacial score (nSPS) is 33.6. The van der Waals surface area contributed by atoms with Crippen LogP contribution in [0.2, 0.25) is 0 Å². The summed E-state index contributed by atoms with van der Waals surface area (Å²) in [6.07, 6.45) is 11.4. The first kappa shape index (κ1) is 25.0. The maximum atomic E-state index is 10.1. The molecule has 6 nitrogen and oxygen atoms in total. The van der Waals surface area contributed by atoms with Gasteiger partial charge in [0.2, 0.25) is 0 Å². The Morgan fingerprint density at radius 2 is 1.45 bits per heavy atom. The van der Waals surface area contributed by atoms with Crippen LogP contribution in [0.3, 0.4) is 0 Å². The third-order valence-electron chi connectivity index (χ3n) is 8.42. The highest BCUT2D eigenvalue weighted by atomic mass is 16.5. The summed E-state index contributed by atoms with van der Waals surface area (Å²) in [6, 6.07) is 0. The van der Waals surface area contributed by atoms with Gasteiger partial charge in [-0.1, -0.05) is 20.3 Å². The molecule has 0 aromatic rings. The standard InChI is InChI=1S/C23H47N3O3/c1-3-16(14-15(2)21(12-13-24)23(28)26-29)17-4-6-18(7-5-17)19-8-10-20(11-9-19)22(25)27/h15-23,26-29H,3-14,24-25H2,1-2H3. The monoisotopic (exact) mass is 413 g/mol. The van der Waals surface area contributed by atoms with E-state index in [2.05, 4.69) is 13.8 Å². The zero-order valence-corrected chi connectivity index (χ0v) is 18.7. The summed E-state index contributed by atoms with van der Waals surface area (Å²) in [7, 11) is 0. The molecule has 0 radical (unpaired) electrons. The molecule has 0 aromatic carbocycles. The van der Waals surface area contributed by atoms with Crippen molar-refractivity contribution < 1.29 is 15.4 Å². The van der Waals surface area contributed by atoms with Crippen molar-refractivity contribution in [2.24, 2.45) is 52.9 Å². The highest BCUT2D eigenvalue weighted by molar-refractivity contribution is 4.85. The predicted octanol–water partition coefficient (Wildman–Crippen LogP) is 3.19. The molecule has 2 saturated carbocycles. The van der Waals surface area contributed by atoms with Gasteiger partial charge in [-0.3, -0.25) is 0 Å². The molecule has 2 aliphatic carbocycles. The van der Waals surface area contributed by atoms with Gasteiger partial charge in [0.05, 0.1) is 0 Å². The van der Waals surface area contributed by atoms with Crippen LogP contribution in [-0.2, 0) is 0 Å². The quantitative estimate of drug-likeness (QED) is 0.228. The first-order chi connectivity index (χ1) is 13.9. The van der Waals surface area contributed by atoms with Crippen molar-refractivity contribution in [2.75, 3.05) is 6.54 Å². The lowest BCUT2D eigenvalue weighted by atomic mass is 9.65. The zero-order valence-electron chi connectivity index (χ0n) is 18.7. The van der Waals surface area contributed by atoms with Crippen molar-refractivity contribution in [1.29, 1.82) is 0 Å². The summed E-state index contributed by atoms with van der Waals surface area (Å²) < 4.78 is 0. The van der Waals surface area contributed by atoms with Crippen molar-refractivity contribution in [1.82, 2.24) is 5.48 Å². The maximum absolute atomic E-state index is 10.1. The van der Waals surface area contributed by atoms with Crippen LogP contribution in [-0.4, -0.2) is 34.4 Å². The molecule has 0 heterocycles. The number of rotatable bonds is 11. The first-order valence-electron chi connectivity index (χ1n) is 12.1. The minimum Gasteiger partial charge on any atom is -0.379 e. The lowest BCUT2D eigenvalue weighted by Crippen LogP contribution is -2.39. The van der Waals surface area contributed by atoms with Crippen molar-refractivity contribution in [3.8, 4) is 0 Å². The average Bonchev–Trinajstić information content (AvgIpc) is 2.75. The van der Waals surface area contributed by atoms with Gasteiger partial charge in [-0.05, 0) is 106 Å². The summed E-state index contributed by atoms with van der Waals surface area (Å²) in [5.74, 6) is 3.75. The fourth-order valence-corrected chi connectivity index (χ4v) is 6.43. The second-order valence-electron chi connectivity index (χ2n) is 10.0. The summed E-state index contributed by atoms with van der Waals surface area (Å²) >= 11 is 0. The smallest absolute Gasteiger partial charge is 0.129 e. The predicted molar refractivity (Wildman–Crippen MR) is 117 cm³/mol. The number of nitrogens with two attached hydrogens (primary N) is 2. The lowest BCUT2D eigenvalue weighted by molar-refractivity contribution is -0.0539. The molecule has 2 fully saturated rings. The van der Waals surface area contributed by atoms with Gasteiger partial charge in [0, 0.05) is 5.92 Å². The summed E-state index contributed by atoms with van der Waals surface area (Å²) in [4.78, 5) is 0. The summed E-state index contributed by atoms with van der Waals surface area (Å²) in [5, 5.41) is 28.9. The zero-order chi connectivity index (χ0) is 21.4. The SMILES string of the molecule is CCC(CC(C)C(CCN)C(O)NO)C1CCC(C2CCC(C(N)O)CC2)CC1. The van der Waals surface area contributed by atoms with Crippen LogP contribution in [0.1, 0.15) is 84.5 Å². The van der Waals surface area contributed by atoms with Crippen LogP contribution in [0, 0.1) is 41.4 Å². The average molecular weight is 414 g/mol. The molecule has 172 valence electrons. The molecule has 6 heteroatoms. The van der Waals surface area contributed by atoms with Gasteiger partial charge < -0.3 is 26.9 Å². The van der Waals surface area contributed by atoms with E-state index in [0.29, 0.717) is 24.3 Å². The minimum absolute atomic E-state index is 0.0107. The highest BCUT2D eigenvalue weighted by Crippen LogP contribution is 2.45. The topological polar surface area (TPSA) is 125 Å². The molecule has 5 atom stereocenters. The molecular weight excluding hydrogens is 366 g/mol. The maximum Gasteiger partial charge on any atom is 0.129 e. The molecule has 0 amide bonds. The molecule has 0 bridgehead atoms. The van der Waals surface area contributed by atoms with E-state index in [-0.39, 0.29) is 5.92 Å². The third kappa shape index (κ3) is 7.15. The van der Waals surface area contributed by atoms with Crippen LogP contribution in [0.25, 0.3) is 0 Å². The Morgan fingerprint density at radius 1 is 0.931 bits per heavy atom. The van der Waals surface area contributed by atoms with Crippen LogP contribution in [0.4, 0.5) is 0 Å². The van der Waals surface area contributed by atoms with Crippen molar-refractivity contribution in [2.45, 2.75) is 96.9 Å². The molecule has 8 N–H and O–H groups in total. The summed E-state index contributed by atoms with van der Waals surface area (Å²) in [5.41, 5.74) is 13.4. The van der Waals surface area contributed by atoms with E-state index in [1.54, 1.807) is 0 Å². The van der Waals surface area contributed by atoms with Gasteiger partial charge in [-0.2, -0.15) is 5.48 Å². The van der Waals surface area contributed by atoms with Gasteiger partial charge in [0.25, 0.3) is 0 Å². The fourth-order valence-electron chi connectivity index (χ4n) is 6.43. The Kier molecular flexibility index (Phi) is 10.9. The van der Waals surface area contributed by atoms with Gasteiger partial charge in [0.1, 0.15) is 12.5 Å². The van der Waals surface area contributed by atoms with E-state index >= 15 is 0 Å². The summed E-state index contributed by atoms with van der Waals surface area (Å²) in [6.45, 7) is 5.01.